The number of pyridine rings is 1. The van der Waals surface area contributed by atoms with E-state index in [4.69, 9.17) is 16.3 Å². The highest BCUT2D eigenvalue weighted by Gasteiger charge is 2.13. The predicted molar refractivity (Wildman–Crippen MR) is 135 cm³/mol. The molecule has 4 rings (SSSR count). The molecule has 0 unspecified atom stereocenters. The maximum atomic E-state index is 13.1. The van der Waals surface area contributed by atoms with E-state index in [0.29, 0.717) is 10.6 Å². The van der Waals surface area contributed by atoms with Crippen LogP contribution in [0.1, 0.15) is 15.9 Å². The molecule has 0 spiro atoms. The lowest BCUT2D eigenvalue weighted by atomic mass is 10.0. The maximum Gasteiger partial charge on any atom is 0.253 e. The fourth-order valence-electron chi connectivity index (χ4n) is 3.31. The van der Waals surface area contributed by atoms with Crippen molar-refractivity contribution >= 4 is 27.5 Å². The number of benzene rings is 3. The molecule has 10 heteroatoms. The normalized spacial score (nSPS) is 11.2. The van der Waals surface area contributed by atoms with Crippen molar-refractivity contribution < 1.29 is 22.3 Å². The van der Waals surface area contributed by atoms with Gasteiger partial charge in [0.05, 0.1) is 10.5 Å². The third-order valence-electron chi connectivity index (χ3n) is 5.28. The van der Waals surface area contributed by atoms with Crippen molar-refractivity contribution in [3.8, 4) is 22.8 Å². The summed E-state index contributed by atoms with van der Waals surface area (Å²) in [6, 6.07) is 20.6. The van der Waals surface area contributed by atoms with E-state index < -0.39 is 10.0 Å². The smallest absolute Gasteiger partial charge is 0.253 e. The van der Waals surface area contributed by atoms with Crippen LogP contribution in [0.5, 0.6) is 11.6 Å². The summed E-state index contributed by atoms with van der Waals surface area (Å²) in [6.07, 6.45) is 1.36. The monoisotopic (exact) mass is 525 g/mol. The van der Waals surface area contributed by atoms with Gasteiger partial charge in [-0.25, -0.2) is 22.5 Å². The zero-order valence-electron chi connectivity index (χ0n) is 19.0. The fraction of sp³-hybridized carbons (Fsp3) is 0.0769. The molecule has 0 atom stereocenters. The second kappa shape index (κ2) is 10.9. The summed E-state index contributed by atoms with van der Waals surface area (Å²) in [6.45, 7) is 0.201. The highest BCUT2D eigenvalue weighted by molar-refractivity contribution is 7.89. The summed E-state index contributed by atoms with van der Waals surface area (Å²) in [7, 11) is -2.28. The molecule has 2 N–H and O–H groups in total. The van der Waals surface area contributed by atoms with E-state index in [-0.39, 0.29) is 34.8 Å². The molecule has 7 nitrogen and oxygen atoms in total. The van der Waals surface area contributed by atoms with E-state index in [2.05, 4.69) is 15.0 Å². The molecule has 0 bridgehead atoms. The van der Waals surface area contributed by atoms with Crippen LogP contribution in [-0.2, 0) is 16.6 Å². The van der Waals surface area contributed by atoms with Gasteiger partial charge in [-0.3, -0.25) is 4.79 Å². The Morgan fingerprint density at radius 1 is 1.00 bits per heavy atom. The number of hydrogen-bond donors (Lipinski definition) is 2. The molecular formula is C26H21ClFN3O4S. The van der Waals surface area contributed by atoms with Gasteiger partial charge in [0.2, 0.25) is 15.9 Å². The van der Waals surface area contributed by atoms with E-state index in [0.717, 1.165) is 16.7 Å². The predicted octanol–water partition coefficient (Wildman–Crippen LogP) is 5.17. The molecule has 0 aliphatic heterocycles. The van der Waals surface area contributed by atoms with E-state index >= 15 is 0 Å². The minimum Gasteiger partial charge on any atom is -0.439 e. The standard InChI is InChI=1S/C26H21ClFN3O4S/c1-29-36(33,34)23-4-2-3-22(14-23)35-25-12-9-20(16-30-25)26(32)31-15-19-6-5-18(13-24(19)27)17-7-10-21(28)11-8-17/h2-14,16,29H,15H2,1H3,(H,31,32). The molecule has 4 aromatic rings. The van der Waals surface area contributed by atoms with E-state index in [1.165, 1.54) is 43.6 Å². The summed E-state index contributed by atoms with van der Waals surface area (Å²) in [5, 5.41) is 3.27. The molecule has 1 amide bonds. The molecule has 0 saturated heterocycles. The van der Waals surface area contributed by atoms with Gasteiger partial charge in [0.1, 0.15) is 11.6 Å². The molecule has 0 radical (unpaired) electrons. The van der Waals surface area contributed by atoms with Gasteiger partial charge in [0.15, 0.2) is 0 Å². The Morgan fingerprint density at radius 3 is 2.42 bits per heavy atom. The van der Waals surface area contributed by atoms with Crippen molar-refractivity contribution in [2.45, 2.75) is 11.4 Å². The Kier molecular flexibility index (Phi) is 7.64. The quantitative estimate of drug-likeness (QED) is 0.331. The number of halogens is 2. The number of amides is 1. The first-order valence-electron chi connectivity index (χ1n) is 10.8. The highest BCUT2D eigenvalue weighted by Crippen LogP contribution is 2.26. The van der Waals surface area contributed by atoms with Crippen LogP contribution in [0.4, 0.5) is 4.39 Å². The third-order valence-corrected chi connectivity index (χ3v) is 7.04. The van der Waals surface area contributed by atoms with Crippen molar-refractivity contribution in [2.75, 3.05) is 7.05 Å². The van der Waals surface area contributed by atoms with Crippen molar-refractivity contribution in [3.63, 3.8) is 0 Å². The molecule has 0 aliphatic rings. The first-order chi connectivity index (χ1) is 17.2. The average Bonchev–Trinajstić information content (AvgIpc) is 2.89. The van der Waals surface area contributed by atoms with Crippen LogP contribution in [0.15, 0.2) is 90.0 Å². The van der Waals surface area contributed by atoms with Crippen LogP contribution in [0.3, 0.4) is 0 Å². The van der Waals surface area contributed by atoms with Crippen molar-refractivity contribution in [3.05, 3.63) is 107 Å². The van der Waals surface area contributed by atoms with Crippen LogP contribution in [-0.4, -0.2) is 26.4 Å². The molecule has 1 heterocycles. The van der Waals surface area contributed by atoms with Gasteiger partial charge >= 0.3 is 0 Å². The van der Waals surface area contributed by atoms with Crippen LogP contribution >= 0.6 is 11.6 Å². The first kappa shape index (κ1) is 25.3. The van der Waals surface area contributed by atoms with E-state index in [1.54, 1.807) is 42.5 Å². The Bertz CT molecular complexity index is 1490. The van der Waals surface area contributed by atoms with Gasteiger partial charge in [0.25, 0.3) is 5.91 Å². The Hall–Kier alpha value is -3.79. The molecule has 184 valence electrons. The minimum atomic E-state index is -3.61. The number of nitrogens with zero attached hydrogens (tertiary/aromatic N) is 1. The fourth-order valence-corrected chi connectivity index (χ4v) is 4.32. The molecular weight excluding hydrogens is 505 g/mol. The van der Waals surface area contributed by atoms with Crippen LogP contribution in [0.2, 0.25) is 5.02 Å². The van der Waals surface area contributed by atoms with Gasteiger partial charge in [0, 0.05) is 29.9 Å². The van der Waals surface area contributed by atoms with Gasteiger partial charge < -0.3 is 10.1 Å². The topological polar surface area (TPSA) is 97.4 Å². The Labute approximate surface area is 213 Å². The average molecular weight is 526 g/mol. The highest BCUT2D eigenvalue weighted by atomic mass is 35.5. The van der Waals surface area contributed by atoms with Crippen LogP contribution < -0.4 is 14.8 Å². The number of carbonyl (C=O) groups is 1. The number of aromatic nitrogens is 1. The SMILES string of the molecule is CNS(=O)(=O)c1cccc(Oc2ccc(C(=O)NCc3ccc(-c4ccc(F)cc4)cc3Cl)cn2)c1. The first-order valence-corrected chi connectivity index (χ1v) is 12.6. The number of rotatable bonds is 8. The zero-order valence-corrected chi connectivity index (χ0v) is 20.6. The lowest BCUT2D eigenvalue weighted by molar-refractivity contribution is 0.0950. The van der Waals surface area contributed by atoms with Gasteiger partial charge in [-0.1, -0.05) is 41.9 Å². The molecule has 36 heavy (non-hydrogen) atoms. The lowest BCUT2D eigenvalue weighted by Gasteiger charge is -2.10. The Morgan fingerprint density at radius 2 is 1.75 bits per heavy atom. The minimum absolute atomic E-state index is 0.0582. The Balaban J connectivity index is 1.38. The van der Waals surface area contributed by atoms with Gasteiger partial charge in [-0.15, -0.1) is 0 Å². The number of carbonyl (C=O) groups excluding carboxylic acids is 1. The van der Waals surface area contributed by atoms with E-state index in [9.17, 15) is 17.6 Å². The van der Waals surface area contributed by atoms with Crippen LogP contribution in [0, 0.1) is 5.82 Å². The summed E-state index contributed by atoms with van der Waals surface area (Å²) < 4.78 is 44.9. The van der Waals surface area contributed by atoms with Crippen molar-refractivity contribution in [1.29, 1.82) is 0 Å². The second-order valence-electron chi connectivity index (χ2n) is 7.67. The zero-order chi connectivity index (χ0) is 25.7. The number of nitrogens with one attached hydrogen (secondary N) is 2. The molecule has 3 aromatic carbocycles. The number of ether oxygens (including phenoxy) is 1. The number of hydrogen-bond acceptors (Lipinski definition) is 5. The summed E-state index contributed by atoms with van der Waals surface area (Å²) in [4.78, 5) is 16.8. The van der Waals surface area contributed by atoms with E-state index in [1.807, 2.05) is 6.07 Å². The summed E-state index contributed by atoms with van der Waals surface area (Å²) >= 11 is 6.39. The van der Waals surface area contributed by atoms with Crippen LogP contribution in [0.25, 0.3) is 11.1 Å². The largest absolute Gasteiger partial charge is 0.439 e. The lowest BCUT2D eigenvalue weighted by Crippen LogP contribution is -2.23. The molecule has 0 saturated carbocycles. The van der Waals surface area contributed by atoms with Gasteiger partial charge in [-0.2, -0.15) is 0 Å². The molecule has 1 aromatic heterocycles. The summed E-state index contributed by atoms with van der Waals surface area (Å²) in [5.41, 5.74) is 2.70. The molecule has 0 aliphatic carbocycles. The van der Waals surface area contributed by atoms with Gasteiger partial charge in [-0.05, 0) is 60.1 Å². The second-order valence-corrected chi connectivity index (χ2v) is 9.96. The third kappa shape index (κ3) is 6.06. The maximum absolute atomic E-state index is 13.1. The number of sulfonamides is 1. The van der Waals surface area contributed by atoms with Crippen molar-refractivity contribution in [2.24, 2.45) is 0 Å². The molecule has 0 fully saturated rings. The summed E-state index contributed by atoms with van der Waals surface area (Å²) in [5.74, 6) is -0.179. The van der Waals surface area contributed by atoms with Crippen molar-refractivity contribution in [1.82, 2.24) is 15.0 Å².